The Balaban J connectivity index is 1.57. The molecular formula is C33H24ClN3O3. The van der Waals surface area contributed by atoms with Gasteiger partial charge in [-0.25, -0.2) is 0 Å². The Kier molecular flexibility index (Phi) is 5.51. The predicted molar refractivity (Wildman–Crippen MR) is 155 cm³/mol. The number of halogens is 1. The second kappa shape index (κ2) is 9.00. The zero-order chi connectivity index (χ0) is 27.6. The summed E-state index contributed by atoms with van der Waals surface area (Å²) in [6.07, 6.45) is 5.14. The Morgan fingerprint density at radius 2 is 1.60 bits per heavy atom. The van der Waals surface area contributed by atoms with E-state index in [2.05, 4.69) is 10.3 Å². The van der Waals surface area contributed by atoms with E-state index in [0.717, 1.165) is 16.8 Å². The van der Waals surface area contributed by atoms with Crippen LogP contribution in [0.25, 0.3) is 5.57 Å². The number of ketones is 2. The van der Waals surface area contributed by atoms with Gasteiger partial charge in [-0.15, -0.1) is 0 Å². The number of amides is 1. The van der Waals surface area contributed by atoms with Crippen LogP contribution in [0.2, 0.25) is 5.02 Å². The maximum Gasteiger partial charge on any atom is 0.238 e. The van der Waals surface area contributed by atoms with Crippen LogP contribution in [0.4, 0.5) is 11.4 Å². The lowest BCUT2D eigenvalue weighted by atomic mass is 9.64. The molecule has 1 spiro atoms. The van der Waals surface area contributed by atoms with Crippen LogP contribution in [-0.4, -0.2) is 34.5 Å². The normalized spacial score (nSPS) is 24.1. The molecule has 7 heteroatoms. The number of hydrogen-bond acceptors (Lipinski definition) is 5. The van der Waals surface area contributed by atoms with Gasteiger partial charge in [-0.05, 0) is 54.5 Å². The fourth-order valence-electron chi connectivity index (χ4n) is 6.90. The first-order valence-electron chi connectivity index (χ1n) is 13.1. The molecule has 3 aliphatic heterocycles. The standard InChI is InChI=1S/C33H24ClN3O3/c1-19-18-27-33(23-10-4-6-12-25(23)36-32(33)40)28(30(38)20-14-16-35-17-15-20)29(31(39)22-9-2-5-11-24(22)34)37(27)26-13-7-3-8-21(19)26/h2-18,27-29H,1H3,(H,36,40)/t27-,28-,29+,33-/m0/s1. The van der Waals surface area contributed by atoms with Crippen molar-refractivity contribution in [2.45, 2.75) is 24.4 Å². The number of carbonyl (C=O) groups is 3. The van der Waals surface area contributed by atoms with E-state index in [0.29, 0.717) is 27.4 Å². The molecule has 40 heavy (non-hydrogen) atoms. The number of anilines is 2. The van der Waals surface area contributed by atoms with Crippen molar-refractivity contribution in [2.24, 2.45) is 5.92 Å². The van der Waals surface area contributed by atoms with Crippen LogP contribution in [0.15, 0.2) is 103 Å². The summed E-state index contributed by atoms with van der Waals surface area (Å²) in [4.78, 5) is 49.8. The number of benzene rings is 3. The number of allylic oxidation sites excluding steroid dienone is 1. The molecule has 3 aromatic carbocycles. The minimum Gasteiger partial charge on any atom is -0.352 e. The average molecular weight is 546 g/mol. The number of fused-ring (bicyclic) bond motifs is 6. The highest BCUT2D eigenvalue weighted by atomic mass is 35.5. The molecule has 1 fully saturated rings. The largest absolute Gasteiger partial charge is 0.352 e. The van der Waals surface area contributed by atoms with Crippen molar-refractivity contribution >= 4 is 46.0 Å². The zero-order valence-electron chi connectivity index (χ0n) is 21.5. The predicted octanol–water partition coefficient (Wildman–Crippen LogP) is 5.98. The minimum atomic E-state index is -1.37. The van der Waals surface area contributed by atoms with E-state index in [1.807, 2.05) is 66.4 Å². The quantitative estimate of drug-likeness (QED) is 0.319. The number of pyridine rings is 1. The van der Waals surface area contributed by atoms with Gasteiger partial charge in [-0.3, -0.25) is 19.4 Å². The highest BCUT2D eigenvalue weighted by Gasteiger charge is 2.70. The molecule has 0 saturated carbocycles. The molecule has 1 amide bonds. The van der Waals surface area contributed by atoms with Crippen molar-refractivity contribution in [2.75, 3.05) is 10.2 Å². The van der Waals surface area contributed by atoms with Crippen molar-refractivity contribution in [3.63, 3.8) is 0 Å². The smallest absolute Gasteiger partial charge is 0.238 e. The summed E-state index contributed by atoms with van der Waals surface area (Å²) in [5.41, 5.74) is 3.43. The second-order valence-electron chi connectivity index (χ2n) is 10.5. The van der Waals surface area contributed by atoms with Crippen molar-refractivity contribution in [1.29, 1.82) is 0 Å². The zero-order valence-corrected chi connectivity index (χ0v) is 22.3. The van der Waals surface area contributed by atoms with Gasteiger partial charge in [-0.1, -0.05) is 66.2 Å². The summed E-state index contributed by atoms with van der Waals surface area (Å²) >= 11 is 6.58. The SMILES string of the molecule is CC1=C[C@@H]2N(c3ccccc31)[C@@H](C(=O)c1ccccc1Cl)[C@@H](C(=O)c1ccncc1)[C@@]21C(=O)Nc2ccccc21. The molecule has 196 valence electrons. The average Bonchev–Trinajstić information content (AvgIpc) is 3.45. The van der Waals surface area contributed by atoms with Crippen LogP contribution in [0.3, 0.4) is 0 Å². The first-order chi connectivity index (χ1) is 19.4. The van der Waals surface area contributed by atoms with E-state index >= 15 is 0 Å². The monoisotopic (exact) mass is 545 g/mol. The Hall–Kier alpha value is -4.55. The Morgan fingerprint density at radius 1 is 0.900 bits per heavy atom. The molecule has 1 aromatic heterocycles. The third-order valence-corrected chi connectivity index (χ3v) is 8.87. The number of nitrogens with one attached hydrogen (secondary N) is 1. The number of nitrogens with zero attached hydrogens (tertiary/aromatic N) is 2. The number of carbonyl (C=O) groups excluding carboxylic acids is 3. The molecule has 0 unspecified atom stereocenters. The molecule has 6 nitrogen and oxygen atoms in total. The fraction of sp³-hybridized carbons (Fsp3) is 0.152. The third-order valence-electron chi connectivity index (χ3n) is 8.54. The van der Waals surface area contributed by atoms with Crippen molar-refractivity contribution in [1.82, 2.24) is 4.98 Å². The molecule has 0 aliphatic carbocycles. The number of aromatic nitrogens is 1. The number of rotatable bonds is 4. The minimum absolute atomic E-state index is 0.294. The number of hydrogen-bond donors (Lipinski definition) is 1. The van der Waals surface area contributed by atoms with Gasteiger partial charge < -0.3 is 10.2 Å². The molecule has 4 heterocycles. The van der Waals surface area contributed by atoms with Crippen molar-refractivity contribution in [3.05, 3.63) is 131 Å². The fourth-order valence-corrected chi connectivity index (χ4v) is 7.13. The molecule has 3 aliphatic rings. The van der Waals surface area contributed by atoms with Crippen molar-refractivity contribution < 1.29 is 14.4 Å². The summed E-state index contributed by atoms with van der Waals surface area (Å²) < 4.78 is 0. The van der Waals surface area contributed by atoms with E-state index in [-0.39, 0.29) is 17.5 Å². The maximum absolute atomic E-state index is 14.7. The van der Waals surface area contributed by atoms with Gasteiger partial charge in [0.05, 0.1) is 17.0 Å². The highest BCUT2D eigenvalue weighted by Crippen LogP contribution is 2.58. The van der Waals surface area contributed by atoms with Gasteiger partial charge in [0.1, 0.15) is 11.5 Å². The first-order valence-corrected chi connectivity index (χ1v) is 13.5. The summed E-state index contributed by atoms with van der Waals surface area (Å²) in [6.45, 7) is 2.01. The Morgan fingerprint density at radius 3 is 2.40 bits per heavy atom. The summed E-state index contributed by atoms with van der Waals surface area (Å²) in [6, 6.07) is 23.8. The van der Waals surface area contributed by atoms with Gasteiger partial charge in [0.25, 0.3) is 0 Å². The van der Waals surface area contributed by atoms with E-state index in [1.165, 1.54) is 0 Å². The van der Waals surface area contributed by atoms with Crippen LogP contribution >= 0.6 is 11.6 Å². The lowest BCUT2D eigenvalue weighted by Crippen LogP contribution is -2.51. The molecule has 7 rings (SSSR count). The van der Waals surface area contributed by atoms with Crippen molar-refractivity contribution in [3.8, 4) is 0 Å². The van der Waals surface area contributed by atoms with Crippen LogP contribution in [0, 0.1) is 5.92 Å². The van der Waals surface area contributed by atoms with Gasteiger partial charge in [-0.2, -0.15) is 0 Å². The van der Waals surface area contributed by atoms with Crippen LogP contribution in [0.1, 0.15) is 38.8 Å². The molecule has 0 bridgehead atoms. The van der Waals surface area contributed by atoms with Crippen LogP contribution in [-0.2, 0) is 10.2 Å². The summed E-state index contributed by atoms with van der Waals surface area (Å²) in [7, 11) is 0. The van der Waals surface area contributed by atoms with Gasteiger partial charge in [0.2, 0.25) is 5.91 Å². The van der Waals surface area contributed by atoms with E-state index in [1.54, 1.807) is 48.8 Å². The first kappa shape index (κ1) is 24.5. The van der Waals surface area contributed by atoms with E-state index < -0.39 is 23.4 Å². The maximum atomic E-state index is 14.7. The number of para-hydroxylation sites is 2. The Labute approximate surface area is 236 Å². The highest BCUT2D eigenvalue weighted by molar-refractivity contribution is 6.34. The lowest BCUT2D eigenvalue weighted by molar-refractivity contribution is -0.121. The number of Topliss-reactive ketones (excluding diaryl/α,β-unsaturated/α-hetero) is 2. The molecule has 4 aromatic rings. The second-order valence-corrected chi connectivity index (χ2v) is 10.9. The van der Waals surface area contributed by atoms with Crippen LogP contribution in [0.5, 0.6) is 0 Å². The van der Waals surface area contributed by atoms with Crippen LogP contribution < -0.4 is 10.2 Å². The van der Waals surface area contributed by atoms with E-state index in [9.17, 15) is 14.4 Å². The lowest BCUT2D eigenvalue weighted by Gasteiger charge is -2.39. The molecule has 0 radical (unpaired) electrons. The van der Waals surface area contributed by atoms with Gasteiger partial charge in [0.15, 0.2) is 11.6 Å². The van der Waals surface area contributed by atoms with Gasteiger partial charge in [0, 0.05) is 40.5 Å². The van der Waals surface area contributed by atoms with E-state index in [4.69, 9.17) is 11.6 Å². The summed E-state index contributed by atoms with van der Waals surface area (Å²) in [5, 5.41) is 3.35. The molecular weight excluding hydrogens is 522 g/mol. The summed E-state index contributed by atoms with van der Waals surface area (Å²) in [5.74, 6) is -1.95. The molecule has 4 atom stereocenters. The molecule has 1 saturated heterocycles. The molecule has 1 N–H and O–H groups in total. The topological polar surface area (TPSA) is 79.4 Å². The Bertz CT molecular complexity index is 1750. The third kappa shape index (κ3) is 3.23. The van der Waals surface area contributed by atoms with Gasteiger partial charge >= 0.3 is 0 Å².